The van der Waals surface area contributed by atoms with Gasteiger partial charge < -0.3 is 9.42 Å². The minimum atomic E-state index is -0.113. The first-order valence-corrected chi connectivity index (χ1v) is 52.2. The summed E-state index contributed by atoms with van der Waals surface area (Å²) in [4.78, 5) is 58.9. The maximum Gasteiger partial charge on any atom is 0.254 e. The maximum absolute atomic E-state index is 12.4. The van der Waals surface area contributed by atoms with E-state index in [1.807, 2.05) is 41.8 Å². The van der Waals surface area contributed by atoms with Crippen molar-refractivity contribution in [2.45, 2.75) is 460 Å². The van der Waals surface area contributed by atoms with Gasteiger partial charge in [0.25, 0.3) is 5.91 Å². The number of benzene rings is 5. The van der Waals surface area contributed by atoms with Gasteiger partial charge >= 0.3 is 0 Å². The van der Waals surface area contributed by atoms with Crippen LogP contribution in [0.1, 0.15) is 445 Å². The molecule has 0 saturated carbocycles. The Morgan fingerprint density at radius 3 is 1.28 bits per heavy atom. The van der Waals surface area contributed by atoms with Crippen molar-refractivity contribution in [3.8, 4) is 0 Å². The number of hydrogen-bond donors (Lipinski definition) is 0. The van der Waals surface area contributed by atoms with E-state index < -0.39 is 0 Å². The first kappa shape index (κ1) is 115. The number of aromatic nitrogens is 8. The Bertz CT molecular complexity index is 6000. The van der Waals surface area contributed by atoms with Crippen molar-refractivity contribution in [3.05, 3.63) is 247 Å². The number of para-hydroxylation sites is 1. The number of carbonyl (C=O) groups is 1. The summed E-state index contributed by atoms with van der Waals surface area (Å²) in [6.45, 7) is 114. The fourth-order valence-corrected chi connectivity index (χ4v) is 17.6. The van der Waals surface area contributed by atoms with Gasteiger partial charge in [-0.05, 0) is 249 Å². The van der Waals surface area contributed by atoms with Gasteiger partial charge in [-0.15, -0.1) is 0 Å². The normalized spacial score (nSPS) is 15.7. The van der Waals surface area contributed by atoms with Crippen LogP contribution in [-0.4, -0.2) is 113 Å². The fraction of sp³-hybridized carbons (Fsp3) is 0.587. The molecule has 0 atom stereocenters. The third-order valence-corrected chi connectivity index (χ3v) is 27.7. The molecule has 5 aliphatic heterocycles. The molecule has 1 amide bonds. The van der Waals surface area contributed by atoms with E-state index >= 15 is 0 Å². The predicted molar refractivity (Wildman–Crippen MR) is 602 cm³/mol. The van der Waals surface area contributed by atoms with Gasteiger partial charge in [0, 0.05) is 148 Å². The van der Waals surface area contributed by atoms with Gasteiger partial charge in [0.05, 0.1) is 50.5 Å². The van der Waals surface area contributed by atoms with Crippen LogP contribution in [-0.2, 0) is 92.2 Å². The number of amides is 1. The summed E-state index contributed by atoms with van der Waals surface area (Å²) < 4.78 is 5.46. The molecule has 0 saturated heterocycles. The van der Waals surface area contributed by atoms with E-state index in [2.05, 4.69) is 479 Å². The highest BCUT2D eigenvalue weighted by Crippen LogP contribution is 2.42. The third kappa shape index (κ3) is 30.4. The van der Waals surface area contributed by atoms with Gasteiger partial charge in [-0.3, -0.25) is 44.4 Å². The van der Waals surface area contributed by atoms with Crippen LogP contribution >= 0.6 is 0 Å². The Hall–Kier alpha value is -9.28. The lowest BCUT2D eigenvalue weighted by atomic mass is 9.83. The average molecular weight is 1920 g/mol. The summed E-state index contributed by atoms with van der Waals surface area (Å²) in [7, 11) is 0. The van der Waals surface area contributed by atoms with Gasteiger partial charge in [0.1, 0.15) is 11.8 Å². The summed E-state index contributed by atoms with van der Waals surface area (Å²) in [6.07, 6.45) is 12.9. The van der Waals surface area contributed by atoms with Crippen molar-refractivity contribution in [2.24, 2.45) is 10.4 Å². The molecule has 0 aliphatic carbocycles. The van der Waals surface area contributed by atoms with Gasteiger partial charge in [-0.1, -0.05) is 321 Å². The maximum atomic E-state index is 12.4. The molecule has 0 N–H and O–H groups in total. The number of carbonyl (C=O) groups excluding carboxylic acids is 1. The standard InChI is InChI=1S/C17H27N.2C16H22N2.C16H23NO.C16H25N.C15H21N3.C15H26N2.C15H21NO/c1-16(2,3)15-8-7-14-12-18(17(4,5)6)10-9-13(14)11-15;1-15(2,3)12-9-11-7-8-17-14(16(4,5)6)13(11)18-10-12;1-15(2,3)11-8-7-9-12-14(11)17-10-13(18-12)16(4,5)6;1-15(2,3)12-8-7-11-10-17(16(4,5)6)14(18)13(11)9-12;1-15(2,3)14-8-7-12-10-17(16(4,5)6)11-13(12)9-14;1-14(2,3)10-7-11-12(16-8-10)13(15(4,5)6)18-9-17-11;1-14(2,3)13-9-11-7-8-17(15(4,5)6)10-12(11)16-13;1-14(2,3)10-7-8-11-12(9-10)17-16-13(11)15(4,5)6/h7-8,11H,9-10,12H2,1-6H3;2*7-10H,1-6H3;7-9H,10H2,1-6H3;7-9H,10-11H2,1-6H3;7-9H,1-6H3;7-10H2,1-6H3;7-9H,1-6H3. The second-order valence-electron chi connectivity index (χ2n) is 56.8. The highest BCUT2D eigenvalue weighted by Gasteiger charge is 2.39. The second kappa shape index (κ2) is 42.0. The molecular formula is C126H187N13O2. The fourth-order valence-electron chi connectivity index (χ4n) is 17.6. The van der Waals surface area contributed by atoms with Crippen LogP contribution in [0.5, 0.6) is 0 Å². The molecular weight excluding hydrogens is 1730 g/mol. The van der Waals surface area contributed by atoms with Crippen molar-refractivity contribution < 1.29 is 9.32 Å². The number of fused-ring (bicyclic) bond motifs is 7. The van der Waals surface area contributed by atoms with Crippen LogP contribution < -0.4 is 0 Å². The molecule has 0 fully saturated rings. The Labute approximate surface area is 855 Å². The molecule has 11 heterocycles. The summed E-state index contributed by atoms with van der Waals surface area (Å²) in [5, 5.41) is 6.53. The molecule has 768 valence electrons. The van der Waals surface area contributed by atoms with Crippen LogP contribution in [0.2, 0.25) is 0 Å². The average Bonchev–Trinajstić information content (AvgIpc) is 1.55. The van der Waals surface area contributed by atoms with E-state index in [1.165, 1.54) is 98.4 Å². The SMILES string of the molecule is CC(C)(C)C1=NC2=C(CCN(C(C)(C)C)C2)C1.CC(C)(C)c1ccc2c(C(C)(C)C)noc2c1.CC(C)(C)c1ccc2c(c1)C(=O)N(C(C)(C)C)C2.CC(C)(C)c1ccc2c(c1)CCN(C(C)(C)C)C2.CC(C)(C)c1ccc2c(c1)CN(C(C)(C)C)C2.CC(C)(C)c1cnc2c(C(C)(C)C)cccc2n1.CC(C)(C)c1cnc2c(C(C)(C)C)nccc2c1.CC(C)(C)c1cnc2c(C(C)(C)C)ncnc2c1. The number of rotatable bonds is 0. The molecule has 5 aliphatic rings. The first-order chi connectivity index (χ1) is 63.9. The zero-order chi connectivity index (χ0) is 106. The van der Waals surface area contributed by atoms with E-state index in [0.717, 1.165) is 112 Å². The van der Waals surface area contributed by atoms with Crippen molar-refractivity contribution in [2.75, 3.05) is 19.6 Å². The molecule has 6 aromatic heterocycles. The summed E-state index contributed by atoms with van der Waals surface area (Å²) in [5.74, 6) is 0.170. The lowest BCUT2D eigenvalue weighted by molar-refractivity contribution is 0.0609. The molecule has 0 bridgehead atoms. The van der Waals surface area contributed by atoms with Crippen molar-refractivity contribution in [3.63, 3.8) is 0 Å². The molecule has 5 aromatic carbocycles. The topological polar surface area (TPSA) is 159 Å². The Morgan fingerprint density at radius 1 is 0.319 bits per heavy atom. The number of nitrogens with zero attached hydrogens (tertiary/aromatic N) is 13. The third-order valence-electron chi connectivity index (χ3n) is 27.7. The van der Waals surface area contributed by atoms with Crippen LogP contribution in [0.25, 0.3) is 43.9 Å². The molecule has 141 heavy (non-hydrogen) atoms. The van der Waals surface area contributed by atoms with E-state index in [0.29, 0.717) is 0 Å². The van der Waals surface area contributed by atoms with Crippen molar-refractivity contribution in [1.82, 2.24) is 59.6 Å². The minimum absolute atomic E-state index is 0.0164. The van der Waals surface area contributed by atoms with Gasteiger partial charge in [-0.2, -0.15) is 0 Å². The monoisotopic (exact) mass is 1910 g/mol. The largest absolute Gasteiger partial charge is 0.356 e. The van der Waals surface area contributed by atoms with E-state index in [-0.39, 0.29) is 93.0 Å². The molecule has 15 heteroatoms. The zero-order valence-corrected chi connectivity index (χ0v) is 97.5. The molecule has 11 aromatic rings. The lowest BCUT2D eigenvalue weighted by Crippen LogP contribution is -2.44. The number of pyridine rings is 3. The van der Waals surface area contributed by atoms with Gasteiger partial charge in [0.15, 0.2) is 5.58 Å². The van der Waals surface area contributed by atoms with Gasteiger partial charge in [0.2, 0.25) is 0 Å². The summed E-state index contributed by atoms with van der Waals surface area (Å²) in [6, 6.07) is 39.5. The summed E-state index contributed by atoms with van der Waals surface area (Å²) in [5.41, 5.74) is 33.6. The minimum Gasteiger partial charge on any atom is -0.356 e. The van der Waals surface area contributed by atoms with E-state index in [1.54, 1.807) is 17.5 Å². The highest BCUT2D eigenvalue weighted by atomic mass is 16.5. The molecule has 0 radical (unpaired) electrons. The van der Waals surface area contributed by atoms with E-state index in [9.17, 15) is 4.79 Å². The van der Waals surface area contributed by atoms with Crippen LogP contribution in [0.15, 0.2) is 161 Å². The Kier molecular flexibility index (Phi) is 34.4. The molecule has 0 spiro atoms. The second-order valence-corrected chi connectivity index (χ2v) is 56.8. The van der Waals surface area contributed by atoms with Crippen molar-refractivity contribution >= 4 is 55.6 Å². The molecule has 0 unspecified atom stereocenters. The Morgan fingerprint density at radius 2 is 0.773 bits per heavy atom. The summed E-state index contributed by atoms with van der Waals surface area (Å²) >= 11 is 0. The van der Waals surface area contributed by atoms with Gasteiger partial charge in [-0.25, -0.2) is 15.0 Å². The Balaban J connectivity index is 0.000000180. The smallest absolute Gasteiger partial charge is 0.254 e. The molecule has 15 nitrogen and oxygen atoms in total. The van der Waals surface area contributed by atoms with Crippen LogP contribution in [0.3, 0.4) is 0 Å². The quantitative estimate of drug-likeness (QED) is 0.141. The number of hydrogen-bond acceptors (Lipinski definition) is 14. The molecule has 16 rings (SSSR count). The van der Waals surface area contributed by atoms with Crippen molar-refractivity contribution in [1.29, 1.82) is 0 Å². The van der Waals surface area contributed by atoms with Crippen LogP contribution in [0, 0.1) is 5.41 Å². The number of aliphatic imine (C=N–C) groups is 1. The van der Waals surface area contributed by atoms with E-state index in [4.69, 9.17) is 14.5 Å². The van der Waals surface area contributed by atoms with Crippen LogP contribution in [0.4, 0.5) is 0 Å². The lowest BCUT2D eigenvalue weighted by Gasteiger charge is -2.39. The highest BCUT2D eigenvalue weighted by molar-refractivity contribution is 5.99. The predicted octanol–water partition coefficient (Wildman–Crippen LogP) is 32.1. The zero-order valence-electron chi connectivity index (χ0n) is 97.5. The first-order valence-electron chi connectivity index (χ1n) is 52.2.